The Bertz CT molecular complexity index is 1520. The monoisotopic (exact) mass is 497 g/mol. The molecule has 37 heavy (non-hydrogen) atoms. The van der Waals surface area contributed by atoms with Crippen LogP contribution in [0, 0.1) is 18.3 Å². The molecule has 7 heteroatoms. The zero-order chi connectivity index (χ0) is 26.5. The molecule has 0 spiro atoms. The highest BCUT2D eigenvalue weighted by Crippen LogP contribution is 2.39. The van der Waals surface area contributed by atoms with Crippen LogP contribution in [0.15, 0.2) is 36.7 Å². The highest BCUT2D eigenvalue weighted by atomic mass is 16.6. The molecule has 1 saturated heterocycles. The highest BCUT2D eigenvalue weighted by molar-refractivity contribution is 5.92. The number of piperidine rings is 1. The van der Waals surface area contributed by atoms with Gasteiger partial charge in [0, 0.05) is 35.8 Å². The Labute approximate surface area is 218 Å². The smallest absolute Gasteiger partial charge is 0.410 e. The lowest BCUT2D eigenvalue weighted by atomic mass is 9.87. The van der Waals surface area contributed by atoms with Gasteiger partial charge in [-0.1, -0.05) is 19.9 Å². The number of imidazole rings is 1. The Morgan fingerprint density at radius 1 is 1.22 bits per heavy atom. The van der Waals surface area contributed by atoms with Crippen LogP contribution in [0.25, 0.3) is 27.8 Å². The molecule has 7 nitrogen and oxygen atoms in total. The normalized spacial score (nSPS) is 15.0. The number of amides is 1. The van der Waals surface area contributed by atoms with Crippen molar-refractivity contribution >= 4 is 22.6 Å². The van der Waals surface area contributed by atoms with Crippen LogP contribution in [0.2, 0.25) is 0 Å². The van der Waals surface area contributed by atoms with E-state index < -0.39 is 5.60 Å². The molecule has 1 N–H and O–H groups in total. The van der Waals surface area contributed by atoms with E-state index >= 15 is 0 Å². The number of carbonyl (C=O) groups excluding carboxylic acids is 1. The Morgan fingerprint density at radius 3 is 2.59 bits per heavy atom. The number of fused-ring (bicyclic) bond motifs is 2. The predicted molar refractivity (Wildman–Crippen MR) is 146 cm³/mol. The van der Waals surface area contributed by atoms with Gasteiger partial charge in [0.2, 0.25) is 0 Å². The maximum Gasteiger partial charge on any atom is 0.410 e. The van der Waals surface area contributed by atoms with Crippen molar-refractivity contribution in [2.45, 2.75) is 71.8 Å². The van der Waals surface area contributed by atoms with Crippen molar-refractivity contribution in [3.8, 4) is 17.3 Å². The predicted octanol–water partition coefficient (Wildman–Crippen LogP) is 6.90. The molecule has 1 fully saturated rings. The van der Waals surface area contributed by atoms with E-state index in [-0.39, 0.29) is 6.09 Å². The highest BCUT2D eigenvalue weighted by Gasteiger charge is 2.28. The van der Waals surface area contributed by atoms with Gasteiger partial charge in [-0.25, -0.2) is 9.78 Å². The molecular formula is C30H35N5O2. The molecule has 0 radical (unpaired) electrons. The summed E-state index contributed by atoms with van der Waals surface area (Å²) in [7, 11) is 0. The number of likely N-dealkylation sites (tertiary alicyclic amines) is 1. The first kappa shape index (κ1) is 24.9. The summed E-state index contributed by atoms with van der Waals surface area (Å²) in [6, 6.07) is 11.1. The number of aromatic nitrogens is 3. The van der Waals surface area contributed by atoms with Crippen LogP contribution >= 0.6 is 0 Å². The van der Waals surface area contributed by atoms with Gasteiger partial charge in [-0.15, -0.1) is 0 Å². The minimum absolute atomic E-state index is 0.219. The topological polar surface area (TPSA) is 86.4 Å². The van der Waals surface area contributed by atoms with Crippen molar-refractivity contribution in [1.82, 2.24) is 19.3 Å². The quantitative estimate of drug-likeness (QED) is 0.333. The molecule has 0 saturated carbocycles. The van der Waals surface area contributed by atoms with Crippen molar-refractivity contribution in [2.75, 3.05) is 13.1 Å². The van der Waals surface area contributed by atoms with Crippen molar-refractivity contribution in [1.29, 1.82) is 5.26 Å². The van der Waals surface area contributed by atoms with Crippen LogP contribution in [0.4, 0.5) is 4.79 Å². The van der Waals surface area contributed by atoms with E-state index in [0.29, 0.717) is 30.6 Å². The third-order valence-corrected chi connectivity index (χ3v) is 7.25. The Morgan fingerprint density at radius 2 is 1.95 bits per heavy atom. The molecule has 192 valence electrons. The van der Waals surface area contributed by atoms with Gasteiger partial charge in [0.15, 0.2) is 0 Å². The van der Waals surface area contributed by atoms with Crippen LogP contribution in [0.1, 0.15) is 81.7 Å². The molecule has 5 rings (SSSR count). The lowest BCUT2D eigenvalue weighted by Crippen LogP contribution is -2.41. The summed E-state index contributed by atoms with van der Waals surface area (Å²) in [4.78, 5) is 22.4. The molecule has 4 heterocycles. The molecule has 1 aromatic carbocycles. The number of H-pyrrole nitrogens is 1. The second-order valence-corrected chi connectivity index (χ2v) is 11.5. The lowest BCUT2D eigenvalue weighted by Gasteiger charge is -2.33. The number of benzene rings is 1. The maximum absolute atomic E-state index is 12.5. The van der Waals surface area contributed by atoms with E-state index in [9.17, 15) is 10.1 Å². The number of aryl methyl sites for hydroxylation is 1. The number of hydrogen-bond donors (Lipinski definition) is 1. The average molecular weight is 498 g/mol. The fourth-order valence-corrected chi connectivity index (χ4v) is 5.51. The number of ether oxygens (including phenoxy) is 1. The zero-order valence-corrected chi connectivity index (χ0v) is 22.6. The first-order valence-corrected chi connectivity index (χ1v) is 13.1. The molecule has 0 unspecified atom stereocenters. The van der Waals surface area contributed by atoms with E-state index in [1.54, 1.807) is 6.20 Å². The SMILES string of the molecule is Cc1cc(-c2[nH]c3ccc(C4CCN(C(=O)OC(C)(C)C)CC4)cc3c2C(C)C)cn2c(C#N)cnc12. The molecule has 1 aliphatic rings. The number of carbonyl (C=O) groups is 1. The molecule has 4 aromatic rings. The van der Waals surface area contributed by atoms with Gasteiger partial charge in [0.25, 0.3) is 0 Å². The Balaban J connectivity index is 1.47. The number of rotatable bonds is 3. The van der Waals surface area contributed by atoms with E-state index in [1.165, 1.54) is 16.5 Å². The van der Waals surface area contributed by atoms with E-state index in [0.717, 1.165) is 40.8 Å². The third kappa shape index (κ3) is 4.69. The number of hydrogen-bond acceptors (Lipinski definition) is 4. The van der Waals surface area contributed by atoms with Gasteiger partial charge in [0.1, 0.15) is 23.0 Å². The molecular weight excluding hydrogens is 462 g/mol. The fourth-order valence-electron chi connectivity index (χ4n) is 5.51. The number of aromatic amines is 1. The first-order chi connectivity index (χ1) is 17.6. The van der Waals surface area contributed by atoms with E-state index in [2.05, 4.69) is 54.2 Å². The maximum atomic E-state index is 12.5. The Kier molecular flexibility index (Phi) is 6.23. The van der Waals surface area contributed by atoms with E-state index in [1.807, 2.05) is 43.2 Å². The number of nitrogens with one attached hydrogen (secondary N) is 1. The van der Waals surface area contributed by atoms with Crippen LogP contribution in [0.3, 0.4) is 0 Å². The van der Waals surface area contributed by atoms with Gasteiger partial charge in [0.05, 0.1) is 11.9 Å². The van der Waals surface area contributed by atoms with Crippen LogP contribution in [0.5, 0.6) is 0 Å². The Hall–Kier alpha value is -3.79. The average Bonchev–Trinajstić information content (AvgIpc) is 3.44. The first-order valence-electron chi connectivity index (χ1n) is 13.1. The van der Waals surface area contributed by atoms with Crippen LogP contribution in [-0.4, -0.2) is 44.1 Å². The summed E-state index contributed by atoms with van der Waals surface area (Å²) >= 11 is 0. The number of nitriles is 1. The largest absolute Gasteiger partial charge is 0.444 e. The summed E-state index contributed by atoms with van der Waals surface area (Å²) in [6.45, 7) is 13.6. The van der Waals surface area contributed by atoms with Crippen molar-refractivity contribution in [3.63, 3.8) is 0 Å². The standard InChI is InChI=1S/C30H35N5O2/c1-18(2)26-24-14-21(20-9-11-34(12-10-20)29(36)37-30(4,5)6)7-8-25(24)33-27(26)22-13-19(3)28-32-16-23(15-31)35(28)17-22/h7-8,13-14,16-18,20,33H,9-12H2,1-6H3. The molecule has 1 aliphatic heterocycles. The van der Waals surface area contributed by atoms with Gasteiger partial charge >= 0.3 is 6.09 Å². The van der Waals surface area contributed by atoms with Gasteiger partial charge in [-0.2, -0.15) is 5.26 Å². The number of pyridine rings is 1. The number of nitrogens with zero attached hydrogens (tertiary/aromatic N) is 4. The summed E-state index contributed by atoms with van der Waals surface area (Å²) in [6.07, 6.45) is 5.26. The minimum atomic E-state index is -0.477. The summed E-state index contributed by atoms with van der Waals surface area (Å²) < 4.78 is 7.45. The van der Waals surface area contributed by atoms with E-state index in [4.69, 9.17) is 4.74 Å². The molecule has 0 atom stereocenters. The summed E-state index contributed by atoms with van der Waals surface area (Å²) in [5.41, 5.74) is 7.73. The molecule has 0 bridgehead atoms. The second kappa shape index (κ2) is 9.26. The fraction of sp³-hybridized carbons (Fsp3) is 0.433. The summed E-state index contributed by atoms with van der Waals surface area (Å²) in [5.74, 6) is 0.714. The molecule has 0 aliphatic carbocycles. The van der Waals surface area contributed by atoms with Gasteiger partial charge in [-0.3, -0.25) is 4.40 Å². The third-order valence-electron chi connectivity index (χ3n) is 7.25. The minimum Gasteiger partial charge on any atom is -0.444 e. The zero-order valence-electron chi connectivity index (χ0n) is 22.6. The van der Waals surface area contributed by atoms with Crippen molar-refractivity contribution in [2.24, 2.45) is 0 Å². The van der Waals surface area contributed by atoms with Gasteiger partial charge < -0.3 is 14.6 Å². The van der Waals surface area contributed by atoms with Crippen LogP contribution in [-0.2, 0) is 4.74 Å². The van der Waals surface area contributed by atoms with Crippen LogP contribution < -0.4 is 0 Å². The lowest BCUT2D eigenvalue weighted by molar-refractivity contribution is 0.0205. The van der Waals surface area contributed by atoms with Crippen molar-refractivity contribution < 1.29 is 9.53 Å². The molecule has 3 aromatic heterocycles. The van der Waals surface area contributed by atoms with Gasteiger partial charge in [-0.05, 0) is 87.3 Å². The van der Waals surface area contributed by atoms with Crippen molar-refractivity contribution in [3.05, 3.63) is 59.0 Å². The summed E-state index contributed by atoms with van der Waals surface area (Å²) in [5, 5.41) is 10.8. The second-order valence-electron chi connectivity index (χ2n) is 11.5. The molecule has 1 amide bonds.